The van der Waals surface area contributed by atoms with Gasteiger partial charge in [0.05, 0.1) is 30.8 Å². The average molecular weight is 674 g/mol. The average Bonchev–Trinajstić information content (AvgIpc) is 3.04. The number of halogens is 2. The van der Waals surface area contributed by atoms with Crippen LogP contribution in [0.5, 0.6) is 5.75 Å². The fourth-order valence-corrected chi connectivity index (χ4v) is 5.98. The van der Waals surface area contributed by atoms with Crippen LogP contribution in [0.3, 0.4) is 0 Å². The first kappa shape index (κ1) is 24.5. The summed E-state index contributed by atoms with van der Waals surface area (Å²) in [6.07, 6.45) is 1.62. The van der Waals surface area contributed by atoms with Crippen molar-refractivity contribution < 1.29 is 23.9 Å². The SMILES string of the molecule is COC(=O)[C@H](C)N1C(=O)S/C(=C/c2cc(I)c(OCc3ccccc3C#N)c(I)c2)C1=O. The summed E-state index contributed by atoms with van der Waals surface area (Å²) in [5, 5.41) is 8.72. The van der Waals surface area contributed by atoms with E-state index in [0.717, 1.165) is 34.9 Å². The largest absolute Gasteiger partial charge is 0.487 e. The van der Waals surface area contributed by atoms with Gasteiger partial charge in [-0.25, -0.2) is 4.79 Å². The number of hydrogen-bond donors (Lipinski definition) is 0. The second-order valence-corrected chi connectivity index (χ2v) is 9.94. The summed E-state index contributed by atoms with van der Waals surface area (Å²) in [4.78, 5) is 37.9. The molecule has 1 fully saturated rings. The van der Waals surface area contributed by atoms with E-state index in [1.807, 2.05) is 24.3 Å². The minimum absolute atomic E-state index is 0.231. The molecule has 7 nitrogen and oxygen atoms in total. The van der Waals surface area contributed by atoms with E-state index >= 15 is 0 Å². The van der Waals surface area contributed by atoms with Gasteiger partial charge in [-0.15, -0.1) is 0 Å². The molecule has 1 heterocycles. The van der Waals surface area contributed by atoms with Crippen LogP contribution in [0.15, 0.2) is 41.3 Å². The highest BCUT2D eigenvalue weighted by Gasteiger charge is 2.41. The second kappa shape index (κ2) is 10.7. The van der Waals surface area contributed by atoms with Crippen LogP contribution in [0.25, 0.3) is 6.08 Å². The molecule has 1 atom stereocenters. The molecule has 10 heteroatoms. The highest BCUT2D eigenvalue weighted by molar-refractivity contribution is 14.1. The fraction of sp³-hybridized carbons (Fsp3) is 0.182. The van der Waals surface area contributed by atoms with E-state index in [2.05, 4.69) is 56.0 Å². The quantitative estimate of drug-likeness (QED) is 0.243. The van der Waals surface area contributed by atoms with Gasteiger partial charge in [-0.2, -0.15) is 5.26 Å². The van der Waals surface area contributed by atoms with Crippen molar-refractivity contribution in [1.82, 2.24) is 4.90 Å². The van der Waals surface area contributed by atoms with Gasteiger partial charge in [0.15, 0.2) is 0 Å². The van der Waals surface area contributed by atoms with Crippen molar-refractivity contribution in [3.8, 4) is 11.8 Å². The van der Waals surface area contributed by atoms with Crippen LogP contribution in [0, 0.1) is 18.5 Å². The first-order valence-electron chi connectivity index (χ1n) is 9.21. The highest BCUT2D eigenvalue weighted by Crippen LogP contribution is 2.36. The number of nitrogens with zero attached hydrogens (tertiary/aromatic N) is 2. The molecule has 1 aliphatic rings. The Labute approximate surface area is 216 Å². The number of hydrogen-bond acceptors (Lipinski definition) is 7. The molecular formula is C22H16I2N2O5S. The number of methoxy groups -OCH3 is 1. The lowest BCUT2D eigenvalue weighted by molar-refractivity contribution is -0.148. The highest BCUT2D eigenvalue weighted by atomic mass is 127. The Kier molecular flexibility index (Phi) is 8.18. The Bertz CT molecular complexity index is 1150. The molecule has 0 radical (unpaired) electrons. The van der Waals surface area contributed by atoms with Gasteiger partial charge in [-0.1, -0.05) is 18.2 Å². The standard InChI is InChI=1S/C22H16I2N2O5S/c1-12(21(28)30-2)26-20(27)18(32-22(26)29)9-13-7-16(23)19(17(24)8-13)31-11-15-6-4-3-5-14(15)10-25/h3-9,12H,11H2,1-2H3/b18-9+/t12-/m0/s1. The van der Waals surface area contributed by atoms with Gasteiger partial charge in [0.25, 0.3) is 11.1 Å². The minimum Gasteiger partial charge on any atom is -0.487 e. The molecule has 32 heavy (non-hydrogen) atoms. The van der Waals surface area contributed by atoms with Crippen molar-refractivity contribution in [2.45, 2.75) is 19.6 Å². The van der Waals surface area contributed by atoms with Gasteiger partial charge in [0.2, 0.25) is 0 Å². The second-order valence-electron chi connectivity index (χ2n) is 6.62. The number of esters is 1. The molecule has 164 valence electrons. The van der Waals surface area contributed by atoms with Gasteiger partial charge in [-0.3, -0.25) is 14.5 Å². The van der Waals surface area contributed by atoms with Crippen molar-refractivity contribution >= 4 is 80.1 Å². The molecule has 0 spiro atoms. The predicted octanol–water partition coefficient (Wildman–Crippen LogP) is 4.94. The van der Waals surface area contributed by atoms with Crippen LogP contribution in [0.2, 0.25) is 0 Å². The molecule has 2 aromatic rings. The van der Waals surface area contributed by atoms with E-state index in [9.17, 15) is 19.6 Å². The predicted molar refractivity (Wildman–Crippen MR) is 137 cm³/mol. The Morgan fingerprint density at radius 3 is 2.53 bits per heavy atom. The van der Waals surface area contributed by atoms with Gasteiger partial charge in [-0.05, 0) is 93.7 Å². The molecule has 2 aromatic carbocycles. The summed E-state index contributed by atoms with van der Waals surface area (Å²) < 4.78 is 12.2. The maximum atomic E-state index is 12.7. The molecular weight excluding hydrogens is 658 g/mol. The van der Waals surface area contributed by atoms with Gasteiger partial charge >= 0.3 is 5.97 Å². The number of ether oxygens (including phenoxy) is 2. The van der Waals surface area contributed by atoms with Crippen LogP contribution in [-0.4, -0.2) is 35.2 Å². The normalized spacial score (nSPS) is 15.6. The molecule has 2 amide bonds. The lowest BCUT2D eigenvalue weighted by Gasteiger charge is -2.18. The summed E-state index contributed by atoms with van der Waals surface area (Å²) in [5.41, 5.74) is 2.07. The van der Waals surface area contributed by atoms with E-state index in [4.69, 9.17) is 4.74 Å². The lowest BCUT2D eigenvalue weighted by atomic mass is 10.1. The third-order valence-corrected chi connectivity index (χ3v) is 7.07. The summed E-state index contributed by atoms with van der Waals surface area (Å²) in [7, 11) is 1.21. The zero-order chi connectivity index (χ0) is 23.4. The van der Waals surface area contributed by atoms with Crippen LogP contribution in [0.4, 0.5) is 4.79 Å². The molecule has 0 bridgehead atoms. The zero-order valence-corrected chi connectivity index (χ0v) is 22.1. The van der Waals surface area contributed by atoms with Crippen molar-refractivity contribution in [3.63, 3.8) is 0 Å². The number of carbonyl (C=O) groups excluding carboxylic acids is 3. The van der Waals surface area contributed by atoms with E-state index in [0.29, 0.717) is 11.3 Å². The Morgan fingerprint density at radius 1 is 1.25 bits per heavy atom. The third-order valence-electron chi connectivity index (χ3n) is 4.58. The summed E-state index contributed by atoms with van der Waals surface area (Å²) in [6.45, 7) is 1.70. The maximum Gasteiger partial charge on any atom is 0.328 e. The van der Waals surface area contributed by atoms with Crippen molar-refractivity contribution in [1.29, 1.82) is 5.26 Å². The molecule has 0 unspecified atom stereocenters. The van der Waals surface area contributed by atoms with Gasteiger partial charge in [0, 0.05) is 5.56 Å². The number of amides is 2. The Morgan fingerprint density at radius 2 is 1.91 bits per heavy atom. The summed E-state index contributed by atoms with van der Waals surface area (Å²) >= 11 is 5.07. The lowest BCUT2D eigenvalue weighted by Crippen LogP contribution is -2.42. The molecule has 0 saturated carbocycles. The van der Waals surface area contributed by atoms with E-state index in [1.165, 1.54) is 14.0 Å². The van der Waals surface area contributed by atoms with Gasteiger partial charge in [0.1, 0.15) is 18.4 Å². The molecule has 1 aliphatic heterocycles. The molecule has 0 N–H and O–H groups in total. The van der Waals surface area contributed by atoms with E-state index < -0.39 is 23.2 Å². The molecule has 0 aromatic heterocycles. The van der Waals surface area contributed by atoms with Crippen LogP contribution in [-0.2, 0) is 20.9 Å². The van der Waals surface area contributed by atoms with Crippen LogP contribution >= 0.6 is 56.9 Å². The Hall–Kier alpha value is -2.11. The fourth-order valence-electron chi connectivity index (χ4n) is 2.95. The molecule has 3 rings (SSSR count). The third kappa shape index (κ3) is 5.26. The van der Waals surface area contributed by atoms with Crippen molar-refractivity contribution in [3.05, 3.63) is 65.1 Å². The smallest absolute Gasteiger partial charge is 0.328 e. The number of imide groups is 1. The van der Waals surface area contributed by atoms with Gasteiger partial charge < -0.3 is 9.47 Å². The monoisotopic (exact) mass is 674 g/mol. The number of carbonyl (C=O) groups is 3. The topological polar surface area (TPSA) is 96.7 Å². The number of nitriles is 1. The first-order chi connectivity index (χ1) is 15.3. The Balaban J connectivity index is 1.81. The van der Waals surface area contributed by atoms with Crippen LogP contribution in [0.1, 0.15) is 23.6 Å². The minimum atomic E-state index is -0.995. The number of thioether (sulfide) groups is 1. The van der Waals surface area contributed by atoms with Crippen molar-refractivity contribution in [2.24, 2.45) is 0 Å². The zero-order valence-electron chi connectivity index (χ0n) is 16.9. The maximum absolute atomic E-state index is 12.7. The van der Waals surface area contributed by atoms with E-state index in [-0.39, 0.29) is 11.5 Å². The number of benzene rings is 2. The van der Waals surface area contributed by atoms with E-state index in [1.54, 1.807) is 18.2 Å². The molecule has 0 aliphatic carbocycles. The van der Waals surface area contributed by atoms with Crippen LogP contribution < -0.4 is 4.74 Å². The van der Waals surface area contributed by atoms with Crippen molar-refractivity contribution in [2.75, 3.05) is 7.11 Å². The summed E-state index contributed by atoms with van der Waals surface area (Å²) in [6, 6.07) is 12.1. The number of rotatable bonds is 6. The molecule has 1 saturated heterocycles. The summed E-state index contributed by atoms with van der Waals surface area (Å²) in [5.74, 6) is -0.517. The first-order valence-corrected chi connectivity index (χ1v) is 12.2.